The van der Waals surface area contributed by atoms with Gasteiger partial charge in [0.2, 0.25) is 0 Å². The van der Waals surface area contributed by atoms with Crippen molar-refractivity contribution in [1.82, 2.24) is 0 Å². The van der Waals surface area contributed by atoms with Crippen LogP contribution in [0.1, 0.15) is 27.2 Å². The Labute approximate surface area is 111 Å². The Hall–Kier alpha value is -1.85. The zero-order chi connectivity index (χ0) is 14.6. The summed E-state index contributed by atoms with van der Waals surface area (Å²) in [5.74, 6) is -1.99. The molecule has 1 fully saturated rings. The predicted molar refractivity (Wildman–Crippen MR) is 64.7 cm³/mol. The average molecular weight is 270 g/mol. The van der Waals surface area contributed by atoms with Crippen molar-refractivity contribution in [2.75, 3.05) is 13.2 Å². The summed E-state index contributed by atoms with van der Waals surface area (Å²) < 4.78 is 14.7. The molecule has 106 valence electrons. The number of carbonyl (C=O) groups excluding carboxylic acids is 3. The van der Waals surface area contributed by atoms with Gasteiger partial charge in [-0.15, -0.1) is 0 Å². The van der Waals surface area contributed by atoms with Crippen molar-refractivity contribution in [2.24, 2.45) is 11.3 Å². The number of carbonyl (C=O) groups is 3. The molecular formula is C13H18O6. The minimum absolute atomic E-state index is 0.0778. The van der Waals surface area contributed by atoms with Gasteiger partial charge in [0.05, 0.1) is 13.2 Å². The minimum atomic E-state index is -1.38. The monoisotopic (exact) mass is 270 g/mol. The van der Waals surface area contributed by atoms with Crippen molar-refractivity contribution in [3.63, 3.8) is 0 Å². The van der Waals surface area contributed by atoms with Crippen molar-refractivity contribution in [3.05, 3.63) is 12.3 Å². The molecule has 0 aromatic carbocycles. The summed E-state index contributed by atoms with van der Waals surface area (Å²) in [6.45, 7) is 8.25. The van der Waals surface area contributed by atoms with E-state index in [1.54, 1.807) is 6.92 Å². The fraction of sp³-hybridized carbons (Fsp3) is 0.615. The quantitative estimate of drug-likeness (QED) is 0.323. The maximum absolute atomic E-state index is 11.9. The van der Waals surface area contributed by atoms with Crippen LogP contribution >= 0.6 is 0 Å². The van der Waals surface area contributed by atoms with E-state index in [-0.39, 0.29) is 25.4 Å². The number of hydrogen-bond acceptors (Lipinski definition) is 6. The van der Waals surface area contributed by atoms with Gasteiger partial charge in [0.1, 0.15) is 5.76 Å². The van der Waals surface area contributed by atoms with Crippen LogP contribution in [-0.4, -0.2) is 31.1 Å². The highest BCUT2D eigenvalue weighted by atomic mass is 16.6. The molecule has 1 aliphatic heterocycles. The molecule has 19 heavy (non-hydrogen) atoms. The van der Waals surface area contributed by atoms with Gasteiger partial charge in [0.25, 0.3) is 0 Å². The number of allylic oxidation sites excluding steroid dienone is 1. The average Bonchev–Trinajstić information content (AvgIpc) is 2.57. The van der Waals surface area contributed by atoms with E-state index in [4.69, 9.17) is 14.2 Å². The highest BCUT2D eigenvalue weighted by Gasteiger charge is 2.55. The molecule has 0 aromatic heterocycles. The summed E-state index contributed by atoms with van der Waals surface area (Å²) in [5, 5.41) is 0. The Kier molecular flexibility index (Phi) is 4.69. The second kappa shape index (κ2) is 5.86. The normalized spacial score (nSPS) is 25.6. The maximum Gasteiger partial charge on any atom is 0.323 e. The fourth-order valence-electron chi connectivity index (χ4n) is 1.97. The molecule has 0 amide bonds. The summed E-state index contributed by atoms with van der Waals surface area (Å²) in [6.07, 6.45) is 0.181. The first kappa shape index (κ1) is 15.2. The minimum Gasteiger partial charge on any atom is -0.465 e. The zero-order valence-electron chi connectivity index (χ0n) is 11.4. The molecule has 6 heteroatoms. The van der Waals surface area contributed by atoms with E-state index in [0.717, 1.165) is 0 Å². The van der Waals surface area contributed by atoms with E-state index < -0.39 is 29.2 Å². The lowest BCUT2D eigenvalue weighted by Gasteiger charge is -2.24. The second-order valence-corrected chi connectivity index (χ2v) is 4.55. The van der Waals surface area contributed by atoms with Gasteiger partial charge in [-0.3, -0.25) is 14.4 Å². The number of hydrogen-bond donors (Lipinski definition) is 0. The van der Waals surface area contributed by atoms with Crippen LogP contribution in [0.2, 0.25) is 0 Å². The third kappa shape index (κ3) is 3.13. The summed E-state index contributed by atoms with van der Waals surface area (Å²) in [7, 11) is 0. The third-order valence-corrected chi connectivity index (χ3v) is 3.12. The molecule has 1 rings (SSSR count). The largest absolute Gasteiger partial charge is 0.465 e. The van der Waals surface area contributed by atoms with E-state index in [9.17, 15) is 14.4 Å². The summed E-state index contributed by atoms with van der Waals surface area (Å²) in [6, 6.07) is 0. The Balaban J connectivity index is 2.82. The molecule has 1 heterocycles. The molecule has 0 bridgehead atoms. The van der Waals surface area contributed by atoms with Gasteiger partial charge in [-0.2, -0.15) is 0 Å². The van der Waals surface area contributed by atoms with Crippen LogP contribution < -0.4 is 0 Å². The maximum atomic E-state index is 11.9. The Morgan fingerprint density at radius 3 is 2.68 bits per heavy atom. The van der Waals surface area contributed by atoms with Crippen LogP contribution in [0, 0.1) is 11.3 Å². The molecule has 2 unspecified atom stereocenters. The molecule has 0 spiro atoms. The smallest absolute Gasteiger partial charge is 0.323 e. The van der Waals surface area contributed by atoms with Gasteiger partial charge in [0.15, 0.2) is 5.41 Å². The molecule has 2 atom stereocenters. The summed E-state index contributed by atoms with van der Waals surface area (Å²) in [4.78, 5) is 34.5. The lowest BCUT2D eigenvalue weighted by atomic mass is 9.77. The number of ether oxygens (including phenoxy) is 3. The van der Waals surface area contributed by atoms with Gasteiger partial charge in [-0.05, 0) is 13.8 Å². The number of esters is 3. The van der Waals surface area contributed by atoms with Gasteiger partial charge in [0, 0.05) is 19.3 Å². The molecule has 0 aromatic rings. The molecular weight excluding hydrogens is 252 g/mol. The van der Waals surface area contributed by atoms with Crippen molar-refractivity contribution >= 4 is 17.9 Å². The summed E-state index contributed by atoms with van der Waals surface area (Å²) in [5.41, 5.74) is -1.38. The van der Waals surface area contributed by atoms with Gasteiger partial charge < -0.3 is 14.2 Å². The predicted octanol–water partition coefficient (Wildman–Crippen LogP) is 1.20. The van der Waals surface area contributed by atoms with E-state index in [1.807, 2.05) is 0 Å². The van der Waals surface area contributed by atoms with E-state index >= 15 is 0 Å². The molecule has 0 aliphatic carbocycles. The van der Waals surface area contributed by atoms with Crippen LogP contribution in [0.15, 0.2) is 12.3 Å². The van der Waals surface area contributed by atoms with Crippen molar-refractivity contribution < 1.29 is 28.6 Å². The Morgan fingerprint density at radius 2 is 2.16 bits per heavy atom. The third-order valence-electron chi connectivity index (χ3n) is 3.12. The SMILES string of the molecule is C=C(CC1COC(=O)C1(C)C(=O)OCC)OC(C)=O. The van der Waals surface area contributed by atoms with Crippen LogP contribution in [0.25, 0.3) is 0 Å². The van der Waals surface area contributed by atoms with E-state index in [0.29, 0.717) is 0 Å². The van der Waals surface area contributed by atoms with Gasteiger partial charge in [-0.25, -0.2) is 0 Å². The van der Waals surface area contributed by atoms with Crippen molar-refractivity contribution in [1.29, 1.82) is 0 Å². The van der Waals surface area contributed by atoms with Crippen molar-refractivity contribution in [2.45, 2.75) is 27.2 Å². The van der Waals surface area contributed by atoms with Crippen LogP contribution in [0.5, 0.6) is 0 Å². The molecule has 1 aliphatic rings. The molecule has 6 nitrogen and oxygen atoms in total. The zero-order valence-corrected chi connectivity index (χ0v) is 11.4. The number of rotatable bonds is 5. The molecule has 0 N–H and O–H groups in total. The van der Waals surface area contributed by atoms with Gasteiger partial charge >= 0.3 is 17.9 Å². The van der Waals surface area contributed by atoms with Crippen LogP contribution in [0.4, 0.5) is 0 Å². The molecule has 0 radical (unpaired) electrons. The first-order valence-electron chi connectivity index (χ1n) is 6.03. The fourth-order valence-corrected chi connectivity index (χ4v) is 1.97. The first-order chi connectivity index (χ1) is 8.82. The highest BCUT2D eigenvalue weighted by Crippen LogP contribution is 2.40. The van der Waals surface area contributed by atoms with Crippen molar-refractivity contribution in [3.8, 4) is 0 Å². The molecule has 1 saturated heterocycles. The highest BCUT2D eigenvalue weighted by molar-refractivity contribution is 6.01. The van der Waals surface area contributed by atoms with E-state index in [1.165, 1.54) is 13.8 Å². The summed E-state index contributed by atoms with van der Waals surface area (Å²) >= 11 is 0. The van der Waals surface area contributed by atoms with Crippen LogP contribution in [-0.2, 0) is 28.6 Å². The standard InChI is InChI=1S/C13H18O6/c1-5-17-11(15)13(4)10(7-18-12(13)16)6-8(2)19-9(3)14/h10H,2,5-7H2,1,3-4H3. The Morgan fingerprint density at radius 1 is 1.53 bits per heavy atom. The topological polar surface area (TPSA) is 78.9 Å². The number of cyclic esters (lactones) is 1. The van der Waals surface area contributed by atoms with Gasteiger partial charge in [-0.1, -0.05) is 6.58 Å². The van der Waals surface area contributed by atoms with Crippen LogP contribution in [0.3, 0.4) is 0 Å². The Bertz CT molecular complexity index is 413. The first-order valence-corrected chi connectivity index (χ1v) is 6.03. The lowest BCUT2D eigenvalue weighted by Crippen LogP contribution is -2.40. The second-order valence-electron chi connectivity index (χ2n) is 4.55. The molecule has 0 saturated carbocycles. The lowest BCUT2D eigenvalue weighted by molar-refractivity contribution is -0.164. The van der Waals surface area contributed by atoms with E-state index in [2.05, 4.69) is 6.58 Å².